The second kappa shape index (κ2) is 8.37. The maximum atomic E-state index is 12.0. The standard InChI is InChI=1S/C21H27N3O3/c1-14(2)11-20(25)22-15-7-8-18-16(12-15)17(21(26)27)13-19(23-18)24-9-5-3-4-6-10-24/h7-8,12-14H,3-6,9-11H2,1-2H3,(H,22,25)(H,26,27). The molecule has 6 heteroatoms. The molecule has 3 rings (SSSR count). The van der Waals surface area contributed by atoms with Crippen LogP contribution in [0.2, 0.25) is 0 Å². The fourth-order valence-electron chi connectivity index (χ4n) is 3.51. The number of fused-ring (bicyclic) bond motifs is 1. The molecule has 27 heavy (non-hydrogen) atoms. The van der Waals surface area contributed by atoms with Gasteiger partial charge in [0.25, 0.3) is 0 Å². The van der Waals surface area contributed by atoms with Crippen LogP contribution in [0.3, 0.4) is 0 Å². The molecule has 2 N–H and O–H groups in total. The van der Waals surface area contributed by atoms with Crippen LogP contribution < -0.4 is 10.2 Å². The highest BCUT2D eigenvalue weighted by Gasteiger charge is 2.17. The van der Waals surface area contributed by atoms with Crippen molar-refractivity contribution in [3.63, 3.8) is 0 Å². The molecule has 1 fully saturated rings. The van der Waals surface area contributed by atoms with Crippen molar-refractivity contribution >= 4 is 34.3 Å². The van der Waals surface area contributed by atoms with Crippen molar-refractivity contribution in [3.8, 4) is 0 Å². The van der Waals surface area contributed by atoms with Gasteiger partial charge in [-0.3, -0.25) is 4.79 Å². The first-order valence-corrected chi connectivity index (χ1v) is 9.67. The minimum atomic E-state index is -0.982. The fraction of sp³-hybridized carbons (Fsp3) is 0.476. The number of anilines is 2. The molecule has 0 atom stereocenters. The van der Waals surface area contributed by atoms with Gasteiger partial charge in [-0.05, 0) is 43.0 Å². The monoisotopic (exact) mass is 369 g/mol. The van der Waals surface area contributed by atoms with Gasteiger partial charge in [-0.15, -0.1) is 0 Å². The predicted molar refractivity (Wildman–Crippen MR) is 107 cm³/mol. The molecule has 1 amide bonds. The number of amides is 1. The average Bonchev–Trinajstić information content (AvgIpc) is 2.89. The van der Waals surface area contributed by atoms with Crippen LogP contribution in [0.5, 0.6) is 0 Å². The lowest BCUT2D eigenvalue weighted by atomic mass is 10.1. The van der Waals surface area contributed by atoms with E-state index in [1.165, 1.54) is 12.8 Å². The number of carbonyl (C=O) groups excluding carboxylic acids is 1. The molecule has 1 saturated heterocycles. The summed E-state index contributed by atoms with van der Waals surface area (Å²) in [6.07, 6.45) is 5.03. The Morgan fingerprint density at radius 1 is 1.15 bits per heavy atom. The first-order chi connectivity index (χ1) is 12.9. The molecule has 0 unspecified atom stereocenters. The SMILES string of the molecule is CC(C)CC(=O)Nc1ccc2nc(N3CCCCCC3)cc(C(=O)O)c2c1. The molecule has 0 aliphatic carbocycles. The van der Waals surface area contributed by atoms with Crippen LogP contribution in [0.25, 0.3) is 10.9 Å². The third kappa shape index (κ3) is 4.76. The molecular formula is C21H27N3O3. The molecule has 1 aliphatic rings. The van der Waals surface area contributed by atoms with Gasteiger partial charge in [0.1, 0.15) is 5.82 Å². The number of hydrogen-bond donors (Lipinski definition) is 2. The fourth-order valence-corrected chi connectivity index (χ4v) is 3.51. The van der Waals surface area contributed by atoms with E-state index in [1.807, 2.05) is 13.8 Å². The quantitative estimate of drug-likeness (QED) is 0.821. The second-order valence-electron chi connectivity index (χ2n) is 7.61. The minimum Gasteiger partial charge on any atom is -0.478 e. The third-order valence-electron chi connectivity index (χ3n) is 4.83. The average molecular weight is 369 g/mol. The zero-order valence-electron chi connectivity index (χ0n) is 16.0. The predicted octanol–water partition coefficient (Wildman–Crippen LogP) is 4.30. The molecular weight excluding hydrogens is 342 g/mol. The lowest BCUT2D eigenvalue weighted by Crippen LogP contribution is -2.25. The number of benzene rings is 1. The summed E-state index contributed by atoms with van der Waals surface area (Å²) in [5.74, 6) is -0.0734. The molecule has 0 bridgehead atoms. The normalized spacial score (nSPS) is 15.0. The zero-order chi connectivity index (χ0) is 19.4. The number of rotatable bonds is 5. The van der Waals surface area contributed by atoms with Crippen molar-refractivity contribution in [2.45, 2.75) is 46.0 Å². The molecule has 0 radical (unpaired) electrons. The lowest BCUT2D eigenvalue weighted by Gasteiger charge is -2.22. The molecule has 2 heterocycles. The van der Waals surface area contributed by atoms with Gasteiger partial charge < -0.3 is 15.3 Å². The maximum Gasteiger partial charge on any atom is 0.336 e. The van der Waals surface area contributed by atoms with Crippen LogP contribution in [-0.2, 0) is 4.79 Å². The van der Waals surface area contributed by atoms with Gasteiger partial charge in [0, 0.05) is 30.6 Å². The largest absolute Gasteiger partial charge is 0.478 e. The molecule has 1 aromatic carbocycles. The van der Waals surface area contributed by atoms with Crippen molar-refractivity contribution < 1.29 is 14.7 Å². The minimum absolute atomic E-state index is 0.0737. The van der Waals surface area contributed by atoms with Gasteiger partial charge in [0.2, 0.25) is 5.91 Å². The van der Waals surface area contributed by atoms with Crippen LogP contribution >= 0.6 is 0 Å². The van der Waals surface area contributed by atoms with Crippen LogP contribution in [0, 0.1) is 5.92 Å². The Bertz CT molecular complexity index is 840. The Balaban J connectivity index is 1.95. The number of aromatic nitrogens is 1. The molecule has 0 spiro atoms. The number of carboxylic acid groups (broad SMARTS) is 1. The Morgan fingerprint density at radius 2 is 1.85 bits per heavy atom. The first kappa shape index (κ1) is 19.1. The molecule has 0 saturated carbocycles. The highest BCUT2D eigenvalue weighted by atomic mass is 16.4. The van der Waals surface area contributed by atoms with E-state index in [-0.39, 0.29) is 17.4 Å². The van der Waals surface area contributed by atoms with E-state index < -0.39 is 5.97 Å². The van der Waals surface area contributed by atoms with Gasteiger partial charge in [0.05, 0.1) is 11.1 Å². The number of nitrogens with one attached hydrogen (secondary N) is 1. The van der Waals surface area contributed by atoms with Crippen LogP contribution in [0.1, 0.15) is 56.3 Å². The van der Waals surface area contributed by atoms with E-state index >= 15 is 0 Å². The summed E-state index contributed by atoms with van der Waals surface area (Å²) >= 11 is 0. The van der Waals surface area contributed by atoms with Gasteiger partial charge in [-0.1, -0.05) is 26.7 Å². The molecule has 1 aromatic heterocycles. The van der Waals surface area contributed by atoms with Gasteiger partial charge in [-0.25, -0.2) is 9.78 Å². The number of aromatic carboxylic acids is 1. The number of carbonyl (C=O) groups is 2. The van der Waals surface area contributed by atoms with Crippen molar-refractivity contribution in [1.29, 1.82) is 0 Å². The number of carboxylic acids is 1. The number of pyridine rings is 1. The van der Waals surface area contributed by atoms with Crippen LogP contribution in [-0.4, -0.2) is 35.1 Å². The smallest absolute Gasteiger partial charge is 0.336 e. The summed E-state index contributed by atoms with van der Waals surface area (Å²) in [7, 11) is 0. The Kier molecular flexibility index (Phi) is 5.94. The zero-order valence-corrected chi connectivity index (χ0v) is 16.0. The topological polar surface area (TPSA) is 82.5 Å². The van der Waals surface area contributed by atoms with E-state index in [9.17, 15) is 14.7 Å². The summed E-state index contributed by atoms with van der Waals surface area (Å²) in [6, 6.07) is 6.94. The third-order valence-corrected chi connectivity index (χ3v) is 4.83. The summed E-state index contributed by atoms with van der Waals surface area (Å²) in [6.45, 7) is 5.77. The van der Waals surface area contributed by atoms with Crippen molar-refractivity contribution in [2.75, 3.05) is 23.3 Å². The van der Waals surface area contributed by atoms with E-state index in [4.69, 9.17) is 4.98 Å². The Morgan fingerprint density at radius 3 is 2.48 bits per heavy atom. The van der Waals surface area contributed by atoms with Crippen molar-refractivity contribution in [3.05, 3.63) is 29.8 Å². The maximum absolute atomic E-state index is 12.0. The number of nitrogens with zero attached hydrogens (tertiary/aromatic N) is 2. The lowest BCUT2D eigenvalue weighted by molar-refractivity contribution is -0.116. The second-order valence-corrected chi connectivity index (χ2v) is 7.61. The van der Waals surface area contributed by atoms with E-state index in [1.54, 1.807) is 24.3 Å². The van der Waals surface area contributed by atoms with Crippen molar-refractivity contribution in [1.82, 2.24) is 4.98 Å². The summed E-state index contributed by atoms with van der Waals surface area (Å²) in [5.41, 5.74) is 1.45. The highest BCUT2D eigenvalue weighted by molar-refractivity contribution is 6.05. The molecule has 6 nitrogen and oxygen atoms in total. The molecule has 2 aromatic rings. The summed E-state index contributed by atoms with van der Waals surface area (Å²) < 4.78 is 0. The van der Waals surface area contributed by atoms with Gasteiger partial charge in [-0.2, -0.15) is 0 Å². The summed E-state index contributed by atoms with van der Waals surface area (Å²) in [5, 5.41) is 13.1. The molecule has 1 aliphatic heterocycles. The van der Waals surface area contributed by atoms with E-state index in [0.29, 0.717) is 23.0 Å². The number of hydrogen-bond acceptors (Lipinski definition) is 4. The Labute approximate surface area is 159 Å². The van der Waals surface area contributed by atoms with E-state index in [0.717, 1.165) is 31.7 Å². The highest BCUT2D eigenvalue weighted by Crippen LogP contribution is 2.27. The van der Waals surface area contributed by atoms with Crippen molar-refractivity contribution in [2.24, 2.45) is 5.92 Å². The van der Waals surface area contributed by atoms with Gasteiger partial charge >= 0.3 is 5.97 Å². The van der Waals surface area contributed by atoms with Gasteiger partial charge in [0.15, 0.2) is 0 Å². The molecule has 144 valence electrons. The summed E-state index contributed by atoms with van der Waals surface area (Å²) in [4.78, 5) is 30.8. The first-order valence-electron chi connectivity index (χ1n) is 9.67. The van der Waals surface area contributed by atoms with Crippen LogP contribution in [0.15, 0.2) is 24.3 Å². The van der Waals surface area contributed by atoms with Crippen LogP contribution in [0.4, 0.5) is 11.5 Å². The van der Waals surface area contributed by atoms with E-state index in [2.05, 4.69) is 10.2 Å². The Hall–Kier alpha value is -2.63.